The molecule has 1 aromatic heterocycles. The van der Waals surface area contributed by atoms with E-state index in [4.69, 9.17) is 14.9 Å². The standard InChI is InChI=1S/C16H22N2O2/c1-18(13-15-7-4-10-19-15)9-5-11-20-16-8-3-2-6-14(16)12-17/h2-4,6-8,10H,5,9,11-13,17H2,1H3. The molecule has 0 radical (unpaired) electrons. The number of nitrogens with two attached hydrogens (primary N) is 1. The molecule has 0 saturated carbocycles. The third-order valence-corrected chi connectivity index (χ3v) is 3.14. The SMILES string of the molecule is CN(CCCOc1ccccc1CN)Cc1ccco1. The number of para-hydroxylation sites is 1. The lowest BCUT2D eigenvalue weighted by molar-refractivity contribution is 0.246. The average molecular weight is 274 g/mol. The summed E-state index contributed by atoms with van der Waals surface area (Å²) in [6.07, 6.45) is 2.67. The lowest BCUT2D eigenvalue weighted by Gasteiger charge is -2.15. The number of hydrogen-bond acceptors (Lipinski definition) is 4. The van der Waals surface area contributed by atoms with Crippen molar-refractivity contribution in [1.82, 2.24) is 4.90 Å². The van der Waals surface area contributed by atoms with Gasteiger partial charge in [-0.2, -0.15) is 0 Å². The Bertz CT molecular complexity index is 497. The fraction of sp³-hybridized carbons (Fsp3) is 0.375. The maximum atomic E-state index is 5.78. The van der Waals surface area contributed by atoms with Gasteiger partial charge < -0.3 is 14.9 Å². The maximum Gasteiger partial charge on any atom is 0.123 e. The molecule has 4 nitrogen and oxygen atoms in total. The number of benzene rings is 1. The van der Waals surface area contributed by atoms with Crippen LogP contribution in [0.25, 0.3) is 0 Å². The van der Waals surface area contributed by atoms with Crippen molar-refractivity contribution in [3.8, 4) is 5.75 Å². The fourth-order valence-corrected chi connectivity index (χ4v) is 2.08. The smallest absolute Gasteiger partial charge is 0.123 e. The zero-order valence-corrected chi connectivity index (χ0v) is 11.9. The van der Waals surface area contributed by atoms with E-state index in [1.165, 1.54) is 0 Å². The molecule has 2 aromatic rings. The summed E-state index contributed by atoms with van der Waals surface area (Å²) in [5.41, 5.74) is 6.73. The summed E-state index contributed by atoms with van der Waals surface area (Å²) in [4.78, 5) is 2.22. The average Bonchev–Trinajstić information content (AvgIpc) is 2.97. The summed E-state index contributed by atoms with van der Waals surface area (Å²) in [7, 11) is 2.08. The first-order valence-electron chi connectivity index (χ1n) is 6.91. The number of furan rings is 1. The van der Waals surface area contributed by atoms with E-state index >= 15 is 0 Å². The summed E-state index contributed by atoms with van der Waals surface area (Å²) < 4.78 is 11.1. The van der Waals surface area contributed by atoms with Crippen LogP contribution in [-0.4, -0.2) is 25.1 Å². The molecular formula is C16H22N2O2. The summed E-state index contributed by atoms with van der Waals surface area (Å²) in [6, 6.07) is 11.8. The van der Waals surface area contributed by atoms with Gasteiger partial charge in [0.15, 0.2) is 0 Å². The normalized spacial score (nSPS) is 10.9. The molecule has 0 aliphatic heterocycles. The summed E-state index contributed by atoms with van der Waals surface area (Å²) >= 11 is 0. The molecule has 0 aliphatic carbocycles. The van der Waals surface area contributed by atoms with Crippen molar-refractivity contribution >= 4 is 0 Å². The molecule has 108 valence electrons. The molecule has 2 rings (SSSR count). The van der Waals surface area contributed by atoms with Crippen molar-refractivity contribution in [2.45, 2.75) is 19.5 Å². The number of hydrogen-bond donors (Lipinski definition) is 1. The minimum Gasteiger partial charge on any atom is -0.493 e. The van der Waals surface area contributed by atoms with Crippen LogP contribution in [0.2, 0.25) is 0 Å². The van der Waals surface area contributed by atoms with Gasteiger partial charge in [0, 0.05) is 18.7 Å². The Kier molecular flexibility index (Phi) is 5.65. The van der Waals surface area contributed by atoms with Gasteiger partial charge in [-0.15, -0.1) is 0 Å². The molecule has 0 aliphatic rings. The van der Waals surface area contributed by atoms with E-state index in [9.17, 15) is 0 Å². The number of ether oxygens (including phenoxy) is 1. The van der Waals surface area contributed by atoms with Crippen molar-refractivity contribution in [2.24, 2.45) is 5.73 Å². The molecule has 1 aromatic carbocycles. The van der Waals surface area contributed by atoms with Crippen LogP contribution < -0.4 is 10.5 Å². The van der Waals surface area contributed by atoms with E-state index in [2.05, 4.69) is 11.9 Å². The van der Waals surface area contributed by atoms with E-state index in [0.29, 0.717) is 13.2 Å². The number of rotatable bonds is 8. The molecule has 2 N–H and O–H groups in total. The van der Waals surface area contributed by atoms with Crippen LogP contribution in [0.5, 0.6) is 5.75 Å². The third kappa shape index (κ3) is 4.40. The monoisotopic (exact) mass is 274 g/mol. The minimum atomic E-state index is 0.509. The van der Waals surface area contributed by atoms with Crippen LogP contribution in [-0.2, 0) is 13.1 Å². The molecule has 0 amide bonds. The van der Waals surface area contributed by atoms with Gasteiger partial charge in [0.1, 0.15) is 11.5 Å². The zero-order valence-electron chi connectivity index (χ0n) is 11.9. The first kappa shape index (κ1) is 14.6. The number of nitrogens with zero attached hydrogens (tertiary/aromatic N) is 1. The minimum absolute atomic E-state index is 0.509. The molecule has 0 fully saturated rings. The van der Waals surface area contributed by atoms with Crippen LogP contribution in [0.4, 0.5) is 0 Å². The highest BCUT2D eigenvalue weighted by Crippen LogP contribution is 2.17. The van der Waals surface area contributed by atoms with Crippen LogP contribution in [0, 0.1) is 0 Å². The molecule has 0 saturated heterocycles. The Labute approximate surface area is 120 Å². The Hall–Kier alpha value is -1.78. The van der Waals surface area contributed by atoms with Crippen molar-refractivity contribution in [3.05, 3.63) is 54.0 Å². The van der Waals surface area contributed by atoms with E-state index in [0.717, 1.165) is 36.6 Å². The molecule has 0 unspecified atom stereocenters. The Balaban J connectivity index is 1.68. The van der Waals surface area contributed by atoms with Crippen molar-refractivity contribution in [1.29, 1.82) is 0 Å². The lowest BCUT2D eigenvalue weighted by atomic mass is 10.2. The van der Waals surface area contributed by atoms with Crippen LogP contribution in [0.3, 0.4) is 0 Å². The van der Waals surface area contributed by atoms with E-state index in [1.54, 1.807) is 6.26 Å². The zero-order chi connectivity index (χ0) is 14.2. The van der Waals surface area contributed by atoms with Crippen molar-refractivity contribution in [2.75, 3.05) is 20.2 Å². The van der Waals surface area contributed by atoms with Gasteiger partial charge in [0.25, 0.3) is 0 Å². The van der Waals surface area contributed by atoms with Gasteiger partial charge in [-0.1, -0.05) is 18.2 Å². The van der Waals surface area contributed by atoms with Crippen LogP contribution in [0.15, 0.2) is 47.1 Å². The van der Waals surface area contributed by atoms with Gasteiger partial charge in [-0.3, -0.25) is 4.90 Å². The van der Waals surface area contributed by atoms with Crippen molar-refractivity contribution in [3.63, 3.8) is 0 Å². The van der Waals surface area contributed by atoms with Crippen LogP contribution in [0.1, 0.15) is 17.7 Å². The maximum absolute atomic E-state index is 5.78. The van der Waals surface area contributed by atoms with E-state index in [-0.39, 0.29) is 0 Å². The summed E-state index contributed by atoms with van der Waals surface area (Å²) in [5.74, 6) is 1.88. The molecule has 20 heavy (non-hydrogen) atoms. The summed E-state index contributed by atoms with van der Waals surface area (Å²) in [6.45, 7) is 2.99. The highest BCUT2D eigenvalue weighted by Gasteiger charge is 2.04. The highest BCUT2D eigenvalue weighted by molar-refractivity contribution is 5.32. The molecule has 1 heterocycles. The van der Waals surface area contributed by atoms with Gasteiger partial charge >= 0.3 is 0 Å². The van der Waals surface area contributed by atoms with E-state index < -0.39 is 0 Å². The molecule has 0 bridgehead atoms. The largest absolute Gasteiger partial charge is 0.493 e. The van der Waals surface area contributed by atoms with Gasteiger partial charge in [0.05, 0.1) is 19.4 Å². The molecule has 4 heteroatoms. The first-order valence-corrected chi connectivity index (χ1v) is 6.91. The summed E-state index contributed by atoms with van der Waals surface area (Å²) in [5, 5.41) is 0. The van der Waals surface area contributed by atoms with Crippen molar-refractivity contribution < 1.29 is 9.15 Å². The quantitative estimate of drug-likeness (QED) is 0.752. The third-order valence-electron chi connectivity index (χ3n) is 3.14. The predicted molar refractivity (Wildman–Crippen MR) is 79.5 cm³/mol. The molecule has 0 spiro atoms. The molecule has 0 atom stereocenters. The Morgan fingerprint density at radius 1 is 1.20 bits per heavy atom. The van der Waals surface area contributed by atoms with Crippen LogP contribution >= 0.6 is 0 Å². The Morgan fingerprint density at radius 3 is 2.80 bits per heavy atom. The van der Waals surface area contributed by atoms with E-state index in [1.807, 2.05) is 36.4 Å². The first-order chi connectivity index (χ1) is 9.79. The van der Waals surface area contributed by atoms with Gasteiger partial charge in [-0.25, -0.2) is 0 Å². The van der Waals surface area contributed by atoms with Gasteiger partial charge in [0.2, 0.25) is 0 Å². The molecular weight excluding hydrogens is 252 g/mol. The topological polar surface area (TPSA) is 51.6 Å². The second-order valence-corrected chi connectivity index (χ2v) is 4.83. The highest BCUT2D eigenvalue weighted by atomic mass is 16.5. The Morgan fingerprint density at radius 2 is 2.05 bits per heavy atom. The lowest BCUT2D eigenvalue weighted by Crippen LogP contribution is -2.20. The second kappa shape index (κ2) is 7.72. The fourth-order valence-electron chi connectivity index (χ4n) is 2.08. The van der Waals surface area contributed by atoms with Gasteiger partial charge in [-0.05, 0) is 31.7 Å². The predicted octanol–water partition coefficient (Wildman–Crippen LogP) is 2.64. The second-order valence-electron chi connectivity index (χ2n) is 4.83.